The summed E-state index contributed by atoms with van der Waals surface area (Å²) in [5, 5.41) is 2.76. The molecule has 1 aliphatic carbocycles. The predicted molar refractivity (Wildman–Crippen MR) is 74.6 cm³/mol. The van der Waals surface area contributed by atoms with E-state index in [4.69, 9.17) is 0 Å². The van der Waals surface area contributed by atoms with Crippen LogP contribution in [0.4, 0.5) is 13.2 Å². The molecule has 0 radical (unpaired) electrons. The normalized spacial score (nSPS) is 18.9. The molecule has 0 saturated heterocycles. The van der Waals surface area contributed by atoms with E-state index < -0.39 is 11.7 Å². The van der Waals surface area contributed by atoms with Crippen molar-refractivity contribution in [3.05, 3.63) is 35.4 Å². The molecule has 1 atom stereocenters. The minimum Gasteiger partial charge on any atom is -0.297 e. The van der Waals surface area contributed by atoms with Crippen molar-refractivity contribution in [1.82, 2.24) is 5.32 Å². The maximum Gasteiger partial charge on any atom is 0.406 e. The zero-order chi connectivity index (χ0) is 14.8. The number of hydrogen-bond donors (Lipinski definition) is 1. The molecule has 4 heteroatoms. The lowest BCUT2D eigenvalue weighted by atomic mass is 10.0. The monoisotopic (exact) mass is 285 g/mol. The van der Waals surface area contributed by atoms with Crippen LogP contribution in [0, 0.1) is 0 Å². The first-order valence-corrected chi connectivity index (χ1v) is 7.31. The van der Waals surface area contributed by atoms with Crippen molar-refractivity contribution in [3.63, 3.8) is 0 Å². The first-order chi connectivity index (χ1) is 9.38. The molecule has 1 nitrogen and oxygen atoms in total. The van der Waals surface area contributed by atoms with Gasteiger partial charge in [-0.1, -0.05) is 37.6 Å². The van der Waals surface area contributed by atoms with E-state index in [1.165, 1.54) is 5.56 Å². The quantitative estimate of drug-likeness (QED) is 0.793. The summed E-state index contributed by atoms with van der Waals surface area (Å²) < 4.78 is 38.7. The van der Waals surface area contributed by atoms with Gasteiger partial charge in [0.25, 0.3) is 0 Å². The Morgan fingerprint density at radius 2 is 1.80 bits per heavy atom. The Morgan fingerprint density at radius 3 is 2.25 bits per heavy atom. The Kier molecular flexibility index (Phi) is 4.43. The van der Waals surface area contributed by atoms with Crippen LogP contribution >= 0.6 is 0 Å². The van der Waals surface area contributed by atoms with Gasteiger partial charge >= 0.3 is 6.18 Å². The highest BCUT2D eigenvalue weighted by atomic mass is 19.4. The van der Waals surface area contributed by atoms with Gasteiger partial charge < -0.3 is 0 Å². The molecule has 1 unspecified atom stereocenters. The first kappa shape index (κ1) is 15.4. The summed E-state index contributed by atoms with van der Waals surface area (Å²) >= 11 is 0. The lowest BCUT2D eigenvalue weighted by molar-refractivity contribution is -0.167. The highest BCUT2D eigenvalue weighted by Gasteiger charge is 2.63. The SMILES string of the molecule is CCCCc1ccc(C(C)NC2(C(F)(F)F)CC2)cc1. The van der Waals surface area contributed by atoms with Crippen molar-refractivity contribution < 1.29 is 13.2 Å². The Hall–Kier alpha value is -1.03. The van der Waals surface area contributed by atoms with E-state index in [1.807, 2.05) is 24.3 Å². The van der Waals surface area contributed by atoms with Crippen LogP contribution in [0.1, 0.15) is 56.7 Å². The summed E-state index contributed by atoms with van der Waals surface area (Å²) in [5.41, 5.74) is 0.522. The molecule has 1 N–H and O–H groups in total. The van der Waals surface area contributed by atoms with E-state index in [2.05, 4.69) is 12.2 Å². The predicted octanol–water partition coefficient (Wildman–Crippen LogP) is 4.77. The molecule has 0 aliphatic heterocycles. The Labute approximate surface area is 118 Å². The van der Waals surface area contributed by atoms with Crippen LogP contribution in [0.5, 0.6) is 0 Å². The molecule has 1 aliphatic rings. The van der Waals surface area contributed by atoms with Crippen LogP contribution in [-0.4, -0.2) is 11.7 Å². The molecule has 20 heavy (non-hydrogen) atoms. The molecule has 0 aromatic heterocycles. The summed E-state index contributed by atoms with van der Waals surface area (Å²) in [6.07, 6.45) is -0.448. The zero-order valence-corrected chi connectivity index (χ0v) is 12.1. The molecule has 1 aromatic rings. The molecular formula is C16H22F3N. The molecule has 1 aromatic carbocycles. The lowest BCUT2D eigenvalue weighted by Crippen LogP contribution is -2.45. The van der Waals surface area contributed by atoms with E-state index in [0.29, 0.717) is 0 Å². The number of rotatable bonds is 6. The number of alkyl halides is 3. The number of benzene rings is 1. The minimum atomic E-state index is -4.15. The largest absolute Gasteiger partial charge is 0.406 e. The standard InChI is InChI=1S/C16H22F3N/c1-3-4-5-13-6-8-14(9-7-13)12(2)20-15(10-11-15)16(17,18)19/h6-9,12,20H,3-5,10-11H2,1-2H3. The van der Waals surface area contributed by atoms with Gasteiger partial charge in [-0.3, -0.25) is 5.32 Å². The van der Waals surface area contributed by atoms with Gasteiger partial charge in [-0.25, -0.2) is 0 Å². The van der Waals surface area contributed by atoms with Crippen molar-refractivity contribution in [3.8, 4) is 0 Å². The summed E-state index contributed by atoms with van der Waals surface area (Å²) in [4.78, 5) is 0. The lowest BCUT2D eigenvalue weighted by Gasteiger charge is -2.25. The maximum absolute atomic E-state index is 12.9. The third-order valence-electron chi connectivity index (χ3n) is 4.08. The number of unbranched alkanes of at least 4 members (excludes halogenated alkanes) is 1. The van der Waals surface area contributed by atoms with Crippen LogP contribution in [0.3, 0.4) is 0 Å². The van der Waals surface area contributed by atoms with Crippen LogP contribution in [0.2, 0.25) is 0 Å². The fourth-order valence-electron chi connectivity index (χ4n) is 2.49. The summed E-state index contributed by atoms with van der Waals surface area (Å²) in [7, 11) is 0. The van der Waals surface area contributed by atoms with Gasteiger partial charge in [0, 0.05) is 6.04 Å². The number of halogens is 3. The van der Waals surface area contributed by atoms with E-state index in [1.54, 1.807) is 6.92 Å². The molecule has 0 spiro atoms. The third-order valence-corrected chi connectivity index (χ3v) is 4.08. The van der Waals surface area contributed by atoms with Crippen molar-refractivity contribution in [1.29, 1.82) is 0 Å². The Bertz CT molecular complexity index is 432. The zero-order valence-electron chi connectivity index (χ0n) is 12.1. The first-order valence-electron chi connectivity index (χ1n) is 7.31. The smallest absolute Gasteiger partial charge is 0.297 e. The van der Waals surface area contributed by atoms with Crippen molar-refractivity contribution in [2.45, 2.75) is 63.7 Å². The number of nitrogens with one attached hydrogen (secondary N) is 1. The topological polar surface area (TPSA) is 12.0 Å². The molecule has 0 amide bonds. The van der Waals surface area contributed by atoms with Crippen LogP contribution in [0.25, 0.3) is 0 Å². The van der Waals surface area contributed by atoms with Gasteiger partial charge in [-0.15, -0.1) is 0 Å². The molecule has 112 valence electrons. The van der Waals surface area contributed by atoms with Crippen molar-refractivity contribution in [2.75, 3.05) is 0 Å². The van der Waals surface area contributed by atoms with E-state index in [9.17, 15) is 13.2 Å². The van der Waals surface area contributed by atoms with E-state index in [-0.39, 0.29) is 18.9 Å². The second-order valence-corrected chi connectivity index (χ2v) is 5.79. The van der Waals surface area contributed by atoms with Crippen LogP contribution in [0.15, 0.2) is 24.3 Å². The summed E-state index contributed by atoms with van der Waals surface area (Å²) in [6, 6.07) is 7.65. The average molecular weight is 285 g/mol. The maximum atomic E-state index is 12.9. The Morgan fingerprint density at radius 1 is 1.20 bits per heavy atom. The van der Waals surface area contributed by atoms with Gasteiger partial charge in [0.2, 0.25) is 0 Å². The second kappa shape index (κ2) is 5.76. The van der Waals surface area contributed by atoms with Gasteiger partial charge in [0.15, 0.2) is 0 Å². The highest BCUT2D eigenvalue weighted by molar-refractivity contribution is 5.26. The average Bonchev–Trinajstić information content (AvgIpc) is 3.17. The number of aryl methyl sites for hydroxylation is 1. The molecule has 2 rings (SSSR count). The van der Waals surface area contributed by atoms with E-state index in [0.717, 1.165) is 24.8 Å². The van der Waals surface area contributed by atoms with Gasteiger partial charge in [0.1, 0.15) is 5.54 Å². The molecule has 1 saturated carbocycles. The van der Waals surface area contributed by atoms with Crippen LogP contribution in [-0.2, 0) is 6.42 Å². The minimum absolute atomic E-state index is 0.190. The Balaban J connectivity index is 1.98. The highest BCUT2D eigenvalue weighted by Crippen LogP contribution is 2.50. The fourth-order valence-corrected chi connectivity index (χ4v) is 2.49. The fraction of sp³-hybridized carbons (Fsp3) is 0.625. The van der Waals surface area contributed by atoms with Gasteiger partial charge in [0.05, 0.1) is 0 Å². The molecule has 0 heterocycles. The molecule has 0 bridgehead atoms. The van der Waals surface area contributed by atoms with Crippen LogP contribution < -0.4 is 5.32 Å². The molecule has 1 fully saturated rings. The van der Waals surface area contributed by atoms with Gasteiger partial charge in [-0.05, 0) is 43.7 Å². The number of hydrogen-bond acceptors (Lipinski definition) is 1. The van der Waals surface area contributed by atoms with Crippen molar-refractivity contribution >= 4 is 0 Å². The summed E-state index contributed by atoms with van der Waals surface area (Å²) in [6.45, 7) is 3.94. The second-order valence-electron chi connectivity index (χ2n) is 5.79. The third kappa shape index (κ3) is 3.35. The molecular weight excluding hydrogens is 263 g/mol. The van der Waals surface area contributed by atoms with Gasteiger partial charge in [-0.2, -0.15) is 13.2 Å². The van der Waals surface area contributed by atoms with Crippen molar-refractivity contribution in [2.24, 2.45) is 0 Å². The summed E-state index contributed by atoms with van der Waals surface area (Å²) in [5.74, 6) is 0. The van der Waals surface area contributed by atoms with E-state index >= 15 is 0 Å².